The van der Waals surface area contributed by atoms with Gasteiger partial charge in [-0.1, -0.05) is 0 Å². The fraction of sp³-hybridized carbons (Fsp3) is 0.400. The van der Waals surface area contributed by atoms with Crippen LogP contribution in [-0.2, 0) is 4.74 Å². The molecule has 1 aromatic heterocycles. The Morgan fingerprint density at radius 3 is 3.00 bits per heavy atom. The minimum absolute atomic E-state index is 0.1000. The number of hydrogen-bond donors (Lipinski definition) is 2. The van der Waals surface area contributed by atoms with E-state index >= 15 is 0 Å². The maximum atomic E-state index is 12.5. The van der Waals surface area contributed by atoms with Gasteiger partial charge in [0.25, 0.3) is 11.5 Å². The summed E-state index contributed by atoms with van der Waals surface area (Å²) in [7, 11) is 1.76. The van der Waals surface area contributed by atoms with Crippen LogP contribution in [0.1, 0.15) is 23.2 Å². The maximum Gasteiger partial charge on any atom is 0.259 e. The second-order valence-electron chi connectivity index (χ2n) is 5.49. The summed E-state index contributed by atoms with van der Waals surface area (Å²) in [5.74, 6) is -0.1000. The first kappa shape index (κ1) is 14.9. The maximum absolute atomic E-state index is 12.5. The number of aromatic amines is 2. The molecule has 1 saturated heterocycles. The number of rotatable bonds is 3. The highest BCUT2D eigenvalue weighted by Gasteiger charge is 2.21. The summed E-state index contributed by atoms with van der Waals surface area (Å²) < 4.78 is 5.80. The van der Waals surface area contributed by atoms with E-state index in [1.54, 1.807) is 30.1 Å². The quantitative estimate of drug-likeness (QED) is 0.846. The lowest BCUT2D eigenvalue weighted by Gasteiger charge is -2.21. The Balaban J connectivity index is 1.87. The molecule has 0 unspecified atom stereocenters. The van der Waals surface area contributed by atoms with E-state index in [4.69, 9.17) is 17.0 Å². The SMILES string of the molecule is CN(C[C@@H]1CCCO1)C(=O)c1ccc2c(=O)[nH]c(=S)[nH]c2c1. The van der Waals surface area contributed by atoms with E-state index in [0.717, 1.165) is 19.4 Å². The smallest absolute Gasteiger partial charge is 0.259 e. The number of fused-ring (bicyclic) bond motifs is 1. The number of aromatic nitrogens is 2. The van der Waals surface area contributed by atoms with Gasteiger partial charge in [-0.2, -0.15) is 0 Å². The highest BCUT2D eigenvalue weighted by atomic mass is 32.1. The largest absolute Gasteiger partial charge is 0.376 e. The molecule has 1 atom stereocenters. The lowest BCUT2D eigenvalue weighted by Crippen LogP contribution is -2.34. The Morgan fingerprint density at radius 2 is 2.27 bits per heavy atom. The van der Waals surface area contributed by atoms with E-state index in [0.29, 0.717) is 23.0 Å². The number of nitrogens with one attached hydrogen (secondary N) is 2. The minimum atomic E-state index is -0.259. The van der Waals surface area contributed by atoms with Crippen molar-refractivity contribution in [2.75, 3.05) is 20.2 Å². The number of nitrogens with zero attached hydrogens (tertiary/aromatic N) is 1. The molecule has 1 aromatic carbocycles. The van der Waals surface area contributed by atoms with Gasteiger partial charge < -0.3 is 14.6 Å². The van der Waals surface area contributed by atoms with Crippen molar-refractivity contribution in [3.63, 3.8) is 0 Å². The Labute approximate surface area is 132 Å². The van der Waals surface area contributed by atoms with Crippen LogP contribution in [0.2, 0.25) is 0 Å². The van der Waals surface area contributed by atoms with Crippen LogP contribution in [0.5, 0.6) is 0 Å². The van der Waals surface area contributed by atoms with Crippen molar-refractivity contribution in [2.45, 2.75) is 18.9 Å². The highest BCUT2D eigenvalue weighted by molar-refractivity contribution is 7.71. The summed E-state index contributed by atoms with van der Waals surface area (Å²) in [5, 5.41) is 0.479. The van der Waals surface area contributed by atoms with Gasteiger partial charge in [0.05, 0.1) is 17.0 Å². The number of ether oxygens (including phenoxy) is 1. The molecule has 0 saturated carbocycles. The predicted molar refractivity (Wildman–Crippen MR) is 85.7 cm³/mol. The fourth-order valence-corrected chi connectivity index (χ4v) is 2.90. The highest BCUT2D eigenvalue weighted by Crippen LogP contribution is 2.15. The van der Waals surface area contributed by atoms with Crippen molar-refractivity contribution in [3.8, 4) is 0 Å². The molecular weight excluding hydrogens is 302 g/mol. The third-order valence-corrected chi connectivity index (χ3v) is 4.04. The summed E-state index contributed by atoms with van der Waals surface area (Å²) in [6, 6.07) is 4.95. The van der Waals surface area contributed by atoms with Crippen LogP contribution in [0.25, 0.3) is 10.9 Å². The Hall–Kier alpha value is -1.99. The Morgan fingerprint density at radius 1 is 1.45 bits per heavy atom. The standard InChI is InChI=1S/C15H17N3O3S/c1-18(8-10-3-2-6-21-10)14(20)9-4-5-11-12(7-9)16-15(22)17-13(11)19/h4-5,7,10H,2-3,6,8H2,1H3,(H2,16,17,19,22)/t10-/m0/s1. The van der Waals surface area contributed by atoms with Gasteiger partial charge in [-0.15, -0.1) is 0 Å². The van der Waals surface area contributed by atoms with Crippen molar-refractivity contribution in [3.05, 3.63) is 38.9 Å². The first-order valence-electron chi connectivity index (χ1n) is 7.18. The van der Waals surface area contributed by atoms with Gasteiger partial charge in [-0.05, 0) is 43.3 Å². The number of H-pyrrole nitrogens is 2. The van der Waals surface area contributed by atoms with Crippen molar-refractivity contribution in [1.82, 2.24) is 14.9 Å². The first-order valence-corrected chi connectivity index (χ1v) is 7.59. The molecule has 0 radical (unpaired) electrons. The van der Waals surface area contributed by atoms with Crippen molar-refractivity contribution >= 4 is 29.0 Å². The molecule has 7 heteroatoms. The third kappa shape index (κ3) is 2.95. The molecular formula is C15H17N3O3S. The molecule has 22 heavy (non-hydrogen) atoms. The van der Waals surface area contributed by atoms with Crippen LogP contribution in [0, 0.1) is 4.77 Å². The number of benzene rings is 1. The lowest BCUT2D eigenvalue weighted by molar-refractivity contribution is 0.0587. The second kappa shape index (κ2) is 6.02. The molecule has 1 aliphatic rings. The van der Waals surface area contributed by atoms with E-state index in [2.05, 4.69) is 9.97 Å². The number of carbonyl (C=O) groups is 1. The van der Waals surface area contributed by atoms with Crippen molar-refractivity contribution in [1.29, 1.82) is 0 Å². The van der Waals surface area contributed by atoms with E-state index in [-0.39, 0.29) is 22.3 Å². The molecule has 0 spiro atoms. The zero-order valence-corrected chi connectivity index (χ0v) is 13.0. The molecule has 116 valence electrons. The van der Waals surface area contributed by atoms with Gasteiger partial charge in [0.15, 0.2) is 4.77 Å². The average Bonchev–Trinajstić information content (AvgIpc) is 2.98. The van der Waals surface area contributed by atoms with Crippen LogP contribution < -0.4 is 5.56 Å². The van der Waals surface area contributed by atoms with Crippen LogP contribution >= 0.6 is 12.2 Å². The minimum Gasteiger partial charge on any atom is -0.376 e. The Bertz CT molecular complexity index is 821. The fourth-order valence-electron chi connectivity index (χ4n) is 2.70. The lowest BCUT2D eigenvalue weighted by atomic mass is 10.1. The van der Waals surface area contributed by atoms with E-state index in [1.165, 1.54) is 0 Å². The van der Waals surface area contributed by atoms with Crippen molar-refractivity contribution in [2.24, 2.45) is 0 Å². The van der Waals surface area contributed by atoms with Gasteiger partial charge >= 0.3 is 0 Å². The van der Waals surface area contributed by atoms with Crippen LogP contribution in [0.3, 0.4) is 0 Å². The van der Waals surface area contributed by atoms with Gasteiger partial charge in [0.2, 0.25) is 0 Å². The zero-order valence-electron chi connectivity index (χ0n) is 12.2. The zero-order chi connectivity index (χ0) is 15.7. The summed E-state index contributed by atoms with van der Waals surface area (Å²) in [6.07, 6.45) is 2.14. The Kier molecular flexibility index (Phi) is 4.08. The molecule has 2 N–H and O–H groups in total. The molecule has 6 nitrogen and oxygen atoms in total. The van der Waals surface area contributed by atoms with Crippen LogP contribution in [-0.4, -0.2) is 47.1 Å². The molecule has 1 aliphatic heterocycles. The van der Waals surface area contributed by atoms with Crippen LogP contribution in [0.4, 0.5) is 0 Å². The van der Waals surface area contributed by atoms with E-state index in [9.17, 15) is 9.59 Å². The first-order chi connectivity index (χ1) is 10.5. The van der Waals surface area contributed by atoms with Crippen LogP contribution in [0.15, 0.2) is 23.0 Å². The molecule has 1 fully saturated rings. The molecule has 3 rings (SSSR count). The number of likely N-dealkylation sites (N-methyl/N-ethyl adjacent to an activating group) is 1. The molecule has 0 bridgehead atoms. The van der Waals surface area contributed by atoms with E-state index < -0.39 is 0 Å². The normalized spacial score (nSPS) is 17.8. The summed E-state index contributed by atoms with van der Waals surface area (Å²) >= 11 is 4.96. The summed E-state index contributed by atoms with van der Waals surface area (Å²) in [5.41, 5.74) is 0.819. The molecule has 1 amide bonds. The van der Waals surface area contributed by atoms with Crippen molar-refractivity contribution < 1.29 is 9.53 Å². The van der Waals surface area contributed by atoms with Gasteiger partial charge in [0.1, 0.15) is 0 Å². The number of hydrogen-bond acceptors (Lipinski definition) is 4. The van der Waals surface area contributed by atoms with Gasteiger partial charge in [-0.3, -0.25) is 14.6 Å². The monoisotopic (exact) mass is 319 g/mol. The third-order valence-electron chi connectivity index (χ3n) is 3.83. The molecule has 2 heterocycles. The summed E-state index contributed by atoms with van der Waals surface area (Å²) in [6.45, 7) is 1.34. The average molecular weight is 319 g/mol. The van der Waals surface area contributed by atoms with Gasteiger partial charge in [-0.25, -0.2) is 0 Å². The predicted octanol–water partition coefficient (Wildman–Crippen LogP) is 1.84. The number of amides is 1. The topological polar surface area (TPSA) is 78.2 Å². The van der Waals surface area contributed by atoms with Gasteiger partial charge in [0, 0.05) is 25.8 Å². The summed E-state index contributed by atoms with van der Waals surface area (Å²) in [4.78, 5) is 31.4. The molecule has 0 aliphatic carbocycles. The van der Waals surface area contributed by atoms with E-state index in [1.807, 2.05) is 0 Å². The number of carbonyl (C=O) groups excluding carboxylic acids is 1. The molecule has 2 aromatic rings. The second-order valence-corrected chi connectivity index (χ2v) is 5.90.